The summed E-state index contributed by atoms with van der Waals surface area (Å²) in [7, 11) is 0. The molecule has 2 N–H and O–H groups in total. The van der Waals surface area contributed by atoms with Crippen LogP contribution in [0, 0.1) is 18.8 Å². The molecule has 0 radical (unpaired) electrons. The molecule has 6 rings (SSSR count). The van der Waals surface area contributed by atoms with Crippen molar-refractivity contribution in [3.8, 4) is 0 Å². The predicted molar refractivity (Wildman–Crippen MR) is 140 cm³/mol. The highest BCUT2D eigenvalue weighted by Gasteiger charge is 2.53. The molecule has 5 nitrogen and oxygen atoms in total. The number of hydrogen-bond donors (Lipinski definition) is 2. The second-order valence-electron chi connectivity index (χ2n) is 11.8. The SMILES string of the molecule is Cc1ccc2c(n1)CNC[C@]21CNC[C@H]1C(=O)N1CC[C@@H](c2ccccc2)C[C@H]1C1CCC(F)(F)CC1. The fourth-order valence-corrected chi connectivity index (χ4v) is 7.64. The van der Waals surface area contributed by atoms with E-state index in [0.29, 0.717) is 31.8 Å². The molecule has 4 atom stereocenters. The van der Waals surface area contributed by atoms with Gasteiger partial charge in [-0.05, 0) is 61.6 Å². The molecule has 7 heteroatoms. The van der Waals surface area contributed by atoms with Gasteiger partial charge in [0.2, 0.25) is 11.8 Å². The number of piperidine rings is 1. The van der Waals surface area contributed by atoms with Crippen LogP contribution in [0.15, 0.2) is 42.5 Å². The molecule has 1 saturated carbocycles. The van der Waals surface area contributed by atoms with Gasteiger partial charge < -0.3 is 15.5 Å². The molecule has 2 aromatic rings. The van der Waals surface area contributed by atoms with Gasteiger partial charge in [0.1, 0.15) is 0 Å². The summed E-state index contributed by atoms with van der Waals surface area (Å²) < 4.78 is 28.2. The molecule has 0 unspecified atom stereocenters. The van der Waals surface area contributed by atoms with Crippen molar-refractivity contribution in [3.05, 3.63) is 65.0 Å². The highest BCUT2D eigenvalue weighted by molar-refractivity contribution is 5.82. The molecule has 198 valence electrons. The van der Waals surface area contributed by atoms with Crippen LogP contribution in [-0.4, -0.2) is 53.9 Å². The van der Waals surface area contributed by atoms with Gasteiger partial charge >= 0.3 is 0 Å². The second kappa shape index (κ2) is 9.73. The Labute approximate surface area is 218 Å². The van der Waals surface area contributed by atoms with E-state index in [1.54, 1.807) is 0 Å². The molecule has 2 saturated heterocycles. The number of fused-ring (bicyclic) bond motifs is 2. The fraction of sp³-hybridized carbons (Fsp3) is 0.600. The summed E-state index contributed by atoms with van der Waals surface area (Å²) in [5.74, 6) is -2.08. The zero-order valence-electron chi connectivity index (χ0n) is 21.7. The number of aryl methyl sites for hydroxylation is 1. The van der Waals surface area contributed by atoms with E-state index in [4.69, 9.17) is 4.98 Å². The Morgan fingerprint density at radius 3 is 2.57 bits per heavy atom. The van der Waals surface area contributed by atoms with Crippen molar-refractivity contribution >= 4 is 5.91 Å². The Hall–Kier alpha value is -2.38. The third-order valence-electron chi connectivity index (χ3n) is 9.64. The van der Waals surface area contributed by atoms with Crippen LogP contribution in [-0.2, 0) is 16.8 Å². The van der Waals surface area contributed by atoms with Crippen LogP contribution < -0.4 is 10.6 Å². The van der Waals surface area contributed by atoms with Gasteiger partial charge in [-0.2, -0.15) is 0 Å². The van der Waals surface area contributed by atoms with Crippen molar-refractivity contribution in [1.82, 2.24) is 20.5 Å². The number of nitrogens with zero attached hydrogens (tertiary/aromatic N) is 2. The Morgan fingerprint density at radius 2 is 1.78 bits per heavy atom. The topological polar surface area (TPSA) is 57.3 Å². The van der Waals surface area contributed by atoms with Crippen LogP contribution in [0.1, 0.15) is 67.0 Å². The van der Waals surface area contributed by atoms with Gasteiger partial charge in [0.25, 0.3) is 0 Å². The third-order valence-corrected chi connectivity index (χ3v) is 9.64. The standard InChI is InChI=1S/C30H38F2N4O/c1-20-7-8-24-26(35-20)17-34-19-29(24)18-33-16-25(29)28(37)36-14-11-23(21-5-3-2-4-6-21)15-27(36)22-9-12-30(31,32)13-10-22/h2-8,22-23,25,27,33-34H,9-19H2,1H3/t23-,25+,27+,29-/m1/s1. The maximum Gasteiger partial charge on any atom is 0.248 e. The quantitative estimate of drug-likeness (QED) is 0.639. The maximum atomic E-state index is 14.5. The minimum atomic E-state index is -2.57. The summed E-state index contributed by atoms with van der Waals surface area (Å²) in [6.07, 6.45) is 2.62. The van der Waals surface area contributed by atoms with Gasteiger partial charge in [-0.3, -0.25) is 9.78 Å². The molecular weight excluding hydrogens is 470 g/mol. The number of carbonyl (C=O) groups excluding carboxylic acids is 1. The van der Waals surface area contributed by atoms with Crippen LogP contribution in [0.25, 0.3) is 0 Å². The van der Waals surface area contributed by atoms with Crippen LogP contribution in [0.2, 0.25) is 0 Å². The molecule has 3 fully saturated rings. The number of carbonyl (C=O) groups is 1. The van der Waals surface area contributed by atoms with Gasteiger partial charge in [0, 0.05) is 62.7 Å². The van der Waals surface area contributed by atoms with Crippen LogP contribution >= 0.6 is 0 Å². The predicted octanol–water partition coefficient (Wildman–Crippen LogP) is 4.55. The number of amides is 1. The first-order chi connectivity index (χ1) is 17.9. The van der Waals surface area contributed by atoms with Crippen LogP contribution in [0.5, 0.6) is 0 Å². The Balaban J connectivity index is 1.30. The van der Waals surface area contributed by atoms with Crippen molar-refractivity contribution < 1.29 is 13.6 Å². The summed E-state index contributed by atoms with van der Waals surface area (Å²) in [5.41, 5.74) is 4.19. The second-order valence-corrected chi connectivity index (χ2v) is 11.8. The minimum absolute atomic E-state index is 0.00682. The number of nitrogens with one attached hydrogen (secondary N) is 2. The highest BCUT2D eigenvalue weighted by atomic mass is 19.3. The molecule has 1 amide bonds. The summed E-state index contributed by atoms with van der Waals surface area (Å²) in [6, 6.07) is 14.7. The number of rotatable bonds is 3. The van der Waals surface area contributed by atoms with E-state index in [9.17, 15) is 13.6 Å². The summed E-state index contributed by atoms with van der Waals surface area (Å²) in [4.78, 5) is 21.4. The third kappa shape index (κ3) is 4.59. The minimum Gasteiger partial charge on any atom is -0.339 e. The van der Waals surface area contributed by atoms with Gasteiger partial charge in [-0.15, -0.1) is 0 Å². The molecule has 1 aromatic heterocycles. The first kappa shape index (κ1) is 24.9. The lowest BCUT2D eigenvalue weighted by Crippen LogP contribution is -2.58. The number of likely N-dealkylation sites (tertiary alicyclic amines) is 1. The summed E-state index contributed by atoms with van der Waals surface area (Å²) in [6.45, 7) is 5.55. The zero-order valence-corrected chi connectivity index (χ0v) is 21.7. The van der Waals surface area contributed by atoms with Crippen molar-refractivity contribution in [1.29, 1.82) is 0 Å². The van der Waals surface area contributed by atoms with E-state index < -0.39 is 5.92 Å². The van der Waals surface area contributed by atoms with E-state index in [1.807, 2.05) is 13.0 Å². The van der Waals surface area contributed by atoms with Crippen molar-refractivity contribution in [2.45, 2.75) is 75.3 Å². The highest BCUT2D eigenvalue weighted by Crippen LogP contribution is 2.46. The molecule has 1 spiro atoms. The van der Waals surface area contributed by atoms with E-state index in [0.717, 1.165) is 43.9 Å². The zero-order chi connectivity index (χ0) is 25.6. The molecule has 3 aliphatic heterocycles. The number of aromatic nitrogens is 1. The molecule has 1 aromatic carbocycles. The Morgan fingerprint density at radius 1 is 1.03 bits per heavy atom. The van der Waals surface area contributed by atoms with Crippen molar-refractivity contribution in [2.75, 3.05) is 26.2 Å². The van der Waals surface area contributed by atoms with E-state index in [2.05, 4.69) is 51.9 Å². The average molecular weight is 509 g/mol. The molecule has 4 aliphatic rings. The summed E-state index contributed by atoms with van der Waals surface area (Å²) in [5, 5.41) is 7.08. The number of alkyl halides is 2. The monoisotopic (exact) mass is 508 g/mol. The van der Waals surface area contributed by atoms with Crippen LogP contribution in [0.3, 0.4) is 0 Å². The lowest BCUT2D eigenvalue weighted by Gasteiger charge is -2.48. The molecular formula is C30H38F2N4O. The van der Waals surface area contributed by atoms with Gasteiger partial charge in [0.05, 0.1) is 11.6 Å². The first-order valence-electron chi connectivity index (χ1n) is 14.0. The molecule has 37 heavy (non-hydrogen) atoms. The van der Waals surface area contributed by atoms with E-state index >= 15 is 0 Å². The van der Waals surface area contributed by atoms with Gasteiger partial charge in [0.15, 0.2) is 0 Å². The van der Waals surface area contributed by atoms with Gasteiger partial charge in [-0.25, -0.2) is 8.78 Å². The number of hydrogen-bond acceptors (Lipinski definition) is 4. The fourth-order valence-electron chi connectivity index (χ4n) is 7.64. The van der Waals surface area contributed by atoms with E-state index in [1.165, 1.54) is 11.1 Å². The first-order valence-corrected chi connectivity index (χ1v) is 14.0. The lowest BCUT2D eigenvalue weighted by atomic mass is 9.68. The normalized spacial score (nSPS) is 31.9. The van der Waals surface area contributed by atoms with Crippen LogP contribution in [0.4, 0.5) is 8.78 Å². The summed E-state index contributed by atoms with van der Waals surface area (Å²) >= 11 is 0. The molecule has 4 heterocycles. The maximum absolute atomic E-state index is 14.5. The van der Waals surface area contributed by atoms with Gasteiger partial charge in [-0.1, -0.05) is 36.4 Å². The van der Waals surface area contributed by atoms with E-state index in [-0.39, 0.29) is 42.0 Å². The lowest BCUT2D eigenvalue weighted by molar-refractivity contribution is -0.144. The van der Waals surface area contributed by atoms with Crippen molar-refractivity contribution in [2.24, 2.45) is 11.8 Å². The largest absolute Gasteiger partial charge is 0.339 e. The number of benzene rings is 1. The van der Waals surface area contributed by atoms with Crippen molar-refractivity contribution in [3.63, 3.8) is 0 Å². The number of pyridine rings is 1. The Kier molecular flexibility index (Phi) is 6.56. The molecule has 0 bridgehead atoms. The Bertz CT molecular complexity index is 1130. The molecule has 1 aliphatic carbocycles. The number of halogens is 2. The smallest absolute Gasteiger partial charge is 0.248 e. The average Bonchev–Trinajstić information content (AvgIpc) is 3.32.